The van der Waals surface area contributed by atoms with Gasteiger partial charge in [0.25, 0.3) is 0 Å². The molecule has 0 aliphatic rings. The zero-order valence-electron chi connectivity index (χ0n) is 11.0. The fourth-order valence-electron chi connectivity index (χ4n) is 0.996. The molecule has 1 amide bonds. The molecule has 0 radical (unpaired) electrons. The van der Waals surface area contributed by atoms with Gasteiger partial charge in [0.1, 0.15) is 0 Å². The Balaban J connectivity index is 4.32. The summed E-state index contributed by atoms with van der Waals surface area (Å²) in [6, 6.07) is -0.602. The molecule has 0 spiro atoms. The summed E-state index contributed by atoms with van der Waals surface area (Å²) in [6.45, 7) is 7.36. The third-order valence-electron chi connectivity index (χ3n) is 1.67. The number of rotatable bonds is 5. The fraction of sp³-hybridized carbons (Fsp3) is 0.818. The molecular weight excluding hydrogens is 289 g/mol. The van der Waals surface area contributed by atoms with Crippen molar-refractivity contribution in [2.24, 2.45) is 0 Å². The standard InChI is InChI=1S/C11H21NO4Se/c1-6-17-7-8(9(13)15-5)12-10(14)16-11(2,3)4/h8H,6-7H2,1-5H3,(H,12,14)/t8-/m0/s1. The average Bonchev–Trinajstić information content (AvgIpc) is 2.20. The molecule has 0 aromatic rings. The Morgan fingerprint density at radius 1 is 1.35 bits per heavy atom. The van der Waals surface area contributed by atoms with Gasteiger partial charge in [0.2, 0.25) is 0 Å². The Kier molecular flexibility index (Phi) is 7.23. The predicted octanol–water partition coefficient (Wildman–Crippen LogP) is 1.61. The number of esters is 1. The van der Waals surface area contributed by atoms with Crippen LogP contribution in [0.3, 0.4) is 0 Å². The molecule has 5 nitrogen and oxygen atoms in total. The number of hydrogen-bond donors (Lipinski definition) is 1. The Morgan fingerprint density at radius 2 is 1.94 bits per heavy atom. The van der Waals surface area contributed by atoms with E-state index in [9.17, 15) is 9.59 Å². The third kappa shape index (κ3) is 8.05. The molecule has 0 aliphatic heterocycles. The van der Waals surface area contributed by atoms with E-state index in [4.69, 9.17) is 4.74 Å². The molecule has 0 heterocycles. The van der Waals surface area contributed by atoms with E-state index in [1.165, 1.54) is 7.11 Å². The average molecular weight is 310 g/mol. The van der Waals surface area contributed by atoms with E-state index in [1.807, 2.05) is 6.92 Å². The number of amides is 1. The first kappa shape index (κ1) is 16.3. The molecule has 0 saturated carbocycles. The Hall–Kier alpha value is -0.741. The summed E-state index contributed by atoms with van der Waals surface area (Å²) in [5.41, 5.74) is -0.569. The molecule has 0 aromatic heterocycles. The number of alkyl carbamates (subject to hydrolysis) is 1. The van der Waals surface area contributed by atoms with Crippen LogP contribution in [0.25, 0.3) is 0 Å². The van der Waals surface area contributed by atoms with Crippen LogP contribution in [0.5, 0.6) is 0 Å². The van der Waals surface area contributed by atoms with Gasteiger partial charge in [0, 0.05) is 0 Å². The molecule has 6 heteroatoms. The summed E-state index contributed by atoms with van der Waals surface area (Å²) in [7, 11) is 1.31. The monoisotopic (exact) mass is 311 g/mol. The number of nitrogens with one attached hydrogen (secondary N) is 1. The maximum atomic E-state index is 11.5. The van der Waals surface area contributed by atoms with Crippen LogP contribution >= 0.6 is 0 Å². The summed E-state index contributed by atoms with van der Waals surface area (Å²) < 4.78 is 9.73. The van der Waals surface area contributed by atoms with Crippen LogP contribution in [-0.4, -0.2) is 45.8 Å². The summed E-state index contributed by atoms with van der Waals surface area (Å²) in [4.78, 5) is 23.0. The van der Waals surface area contributed by atoms with Crippen LogP contribution in [0.1, 0.15) is 27.7 Å². The summed E-state index contributed by atoms with van der Waals surface area (Å²) >= 11 is 0.313. The molecule has 1 atom stereocenters. The zero-order valence-corrected chi connectivity index (χ0v) is 12.7. The van der Waals surface area contributed by atoms with E-state index >= 15 is 0 Å². The normalized spacial score (nSPS) is 12.8. The summed E-state index contributed by atoms with van der Waals surface area (Å²) in [5.74, 6) is -0.425. The fourth-order valence-corrected chi connectivity index (χ4v) is 2.45. The van der Waals surface area contributed by atoms with Crippen molar-refractivity contribution >= 4 is 27.0 Å². The second-order valence-electron chi connectivity index (χ2n) is 4.38. The molecule has 0 unspecified atom stereocenters. The van der Waals surface area contributed by atoms with Gasteiger partial charge in [-0.15, -0.1) is 0 Å². The van der Waals surface area contributed by atoms with Crippen LogP contribution < -0.4 is 5.32 Å². The van der Waals surface area contributed by atoms with Crippen LogP contribution in [0.2, 0.25) is 10.6 Å². The molecule has 100 valence electrons. The Morgan fingerprint density at radius 3 is 2.35 bits per heavy atom. The van der Waals surface area contributed by atoms with Gasteiger partial charge in [0.05, 0.1) is 0 Å². The molecule has 0 aliphatic carbocycles. The number of carbonyl (C=O) groups is 2. The van der Waals surface area contributed by atoms with Crippen LogP contribution in [-0.2, 0) is 14.3 Å². The van der Waals surface area contributed by atoms with Gasteiger partial charge in [-0.2, -0.15) is 0 Å². The van der Waals surface area contributed by atoms with Gasteiger partial charge < -0.3 is 0 Å². The SMILES string of the molecule is CC[Se]C[C@H](NC(=O)OC(C)(C)C)C(=O)OC. The van der Waals surface area contributed by atoms with E-state index < -0.39 is 23.7 Å². The minimum atomic E-state index is -0.602. The van der Waals surface area contributed by atoms with Gasteiger partial charge >= 0.3 is 108 Å². The van der Waals surface area contributed by atoms with Crippen LogP contribution in [0.4, 0.5) is 4.79 Å². The summed E-state index contributed by atoms with van der Waals surface area (Å²) in [6.07, 6.45) is -0.584. The van der Waals surface area contributed by atoms with Gasteiger partial charge in [-0.3, -0.25) is 0 Å². The second-order valence-corrected chi connectivity index (χ2v) is 7.15. The van der Waals surface area contributed by atoms with E-state index in [-0.39, 0.29) is 0 Å². The van der Waals surface area contributed by atoms with E-state index in [0.29, 0.717) is 20.3 Å². The van der Waals surface area contributed by atoms with E-state index in [2.05, 4.69) is 10.1 Å². The first-order valence-corrected chi connectivity index (χ1v) is 7.87. The van der Waals surface area contributed by atoms with Gasteiger partial charge in [-0.05, 0) is 0 Å². The van der Waals surface area contributed by atoms with Gasteiger partial charge in [-0.1, -0.05) is 0 Å². The van der Waals surface area contributed by atoms with Gasteiger partial charge in [-0.25, -0.2) is 0 Å². The van der Waals surface area contributed by atoms with Crippen molar-refractivity contribution in [3.63, 3.8) is 0 Å². The van der Waals surface area contributed by atoms with E-state index in [0.717, 1.165) is 5.32 Å². The second kappa shape index (κ2) is 7.56. The molecule has 1 N–H and O–H groups in total. The molecular formula is C11H21NO4Se. The topological polar surface area (TPSA) is 64.6 Å². The van der Waals surface area contributed by atoms with Crippen molar-refractivity contribution in [3.8, 4) is 0 Å². The molecule has 0 bridgehead atoms. The quantitative estimate of drug-likeness (QED) is 0.619. The van der Waals surface area contributed by atoms with Crippen molar-refractivity contribution < 1.29 is 19.1 Å². The zero-order chi connectivity index (χ0) is 13.5. The minimum absolute atomic E-state index is 0.313. The number of methoxy groups -OCH3 is 1. The first-order chi connectivity index (χ1) is 7.80. The Labute approximate surface area is 109 Å². The van der Waals surface area contributed by atoms with E-state index in [1.54, 1.807) is 20.8 Å². The molecule has 0 rings (SSSR count). The van der Waals surface area contributed by atoms with Crippen LogP contribution in [0.15, 0.2) is 0 Å². The van der Waals surface area contributed by atoms with Crippen molar-refractivity contribution in [2.45, 2.75) is 50.0 Å². The molecule has 17 heavy (non-hydrogen) atoms. The molecule has 0 aromatic carbocycles. The number of hydrogen-bond acceptors (Lipinski definition) is 4. The number of ether oxygens (including phenoxy) is 2. The maximum absolute atomic E-state index is 11.5. The number of carbonyl (C=O) groups excluding carboxylic acids is 2. The Bertz CT molecular complexity index is 263. The van der Waals surface area contributed by atoms with Gasteiger partial charge in [0.15, 0.2) is 0 Å². The van der Waals surface area contributed by atoms with Crippen molar-refractivity contribution in [3.05, 3.63) is 0 Å². The van der Waals surface area contributed by atoms with Crippen molar-refractivity contribution in [2.75, 3.05) is 7.11 Å². The van der Waals surface area contributed by atoms with Crippen molar-refractivity contribution in [1.29, 1.82) is 0 Å². The molecule has 0 fully saturated rings. The van der Waals surface area contributed by atoms with Crippen molar-refractivity contribution in [1.82, 2.24) is 5.32 Å². The van der Waals surface area contributed by atoms with Crippen LogP contribution in [0, 0.1) is 0 Å². The summed E-state index contributed by atoms with van der Waals surface area (Å²) in [5, 5.41) is 4.17. The molecule has 0 saturated heterocycles. The predicted molar refractivity (Wildman–Crippen MR) is 66.2 cm³/mol. The first-order valence-electron chi connectivity index (χ1n) is 5.45. The third-order valence-corrected chi connectivity index (χ3v) is 3.72.